The van der Waals surface area contributed by atoms with Gasteiger partial charge in [0.25, 0.3) is 5.91 Å². The number of hydrogen-bond donors (Lipinski definition) is 1. The van der Waals surface area contributed by atoms with Crippen LogP contribution >= 0.6 is 11.3 Å². The van der Waals surface area contributed by atoms with Gasteiger partial charge in [0.1, 0.15) is 5.75 Å². The van der Waals surface area contributed by atoms with Gasteiger partial charge >= 0.3 is 0 Å². The number of benzene rings is 2. The summed E-state index contributed by atoms with van der Waals surface area (Å²) in [6, 6.07) is 19.6. The first-order valence-corrected chi connectivity index (χ1v) is 8.27. The van der Waals surface area contributed by atoms with Crippen molar-refractivity contribution >= 4 is 28.7 Å². The minimum Gasteiger partial charge on any atom is -0.485 e. The molecular formula is C19H15NO3S. The van der Waals surface area contributed by atoms with Crippen molar-refractivity contribution in [2.45, 2.75) is 0 Å². The molecule has 0 saturated carbocycles. The summed E-state index contributed by atoms with van der Waals surface area (Å²) in [5.41, 5.74) is 1.09. The normalized spacial score (nSPS) is 10.2. The van der Waals surface area contributed by atoms with E-state index in [9.17, 15) is 9.59 Å². The molecule has 5 heteroatoms. The van der Waals surface area contributed by atoms with E-state index < -0.39 is 0 Å². The number of hydrogen-bond acceptors (Lipinski definition) is 4. The molecule has 1 aromatic heterocycles. The number of amides is 1. The summed E-state index contributed by atoms with van der Waals surface area (Å²) in [5, 5.41) is 4.65. The van der Waals surface area contributed by atoms with Crippen molar-refractivity contribution in [3.8, 4) is 5.75 Å². The lowest BCUT2D eigenvalue weighted by molar-refractivity contribution is 0.0918. The standard InChI is InChI=1S/C19H15NO3S/c21-16(18-11-6-12-24-18)13-23-17-10-5-4-9-15(17)19(22)20-14-7-2-1-3-8-14/h1-12H,13H2,(H,20,22). The number of carbonyl (C=O) groups is 2. The Morgan fingerprint density at radius 3 is 2.42 bits per heavy atom. The molecule has 0 bridgehead atoms. The van der Waals surface area contributed by atoms with Crippen molar-refractivity contribution in [2.75, 3.05) is 11.9 Å². The van der Waals surface area contributed by atoms with Crippen LogP contribution in [0.1, 0.15) is 20.0 Å². The van der Waals surface area contributed by atoms with Gasteiger partial charge in [0.2, 0.25) is 5.78 Å². The van der Waals surface area contributed by atoms with Crippen molar-refractivity contribution in [1.29, 1.82) is 0 Å². The molecule has 3 aromatic rings. The van der Waals surface area contributed by atoms with E-state index in [4.69, 9.17) is 4.74 Å². The van der Waals surface area contributed by atoms with Crippen LogP contribution in [0.5, 0.6) is 5.75 Å². The fourth-order valence-electron chi connectivity index (χ4n) is 2.15. The van der Waals surface area contributed by atoms with Gasteiger partial charge in [-0.2, -0.15) is 0 Å². The van der Waals surface area contributed by atoms with Crippen molar-refractivity contribution < 1.29 is 14.3 Å². The maximum absolute atomic E-state index is 12.4. The molecule has 1 amide bonds. The summed E-state index contributed by atoms with van der Waals surface area (Å²) in [6.07, 6.45) is 0. The molecular weight excluding hydrogens is 322 g/mol. The van der Waals surface area contributed by atoms with E-state index in [0.717, 1.165) is 0 Å². The molecule has 3 rings (SSSR count). The first-order chi connectivity index (χ1) is 11.7. The van der Waals surface area contributed by atoms with E-state index in [-0.39, 0.29) is 18.3 Å². The molecule has 0 atom stereocenters. The third-order valence-electron chi connectivity index (χ3n) is 3.32. The predicted octanol–water partition coefficient (Wildman–Crippen LogP) is 4.26. The highest BCUT2D eigenvalue weighted by Crippen LogP contribution is 2.20. The van der Waals surface area contributed by atoms with Crippen molar-refractivity contribution in [1.82, 2.24) is 0 Å². The minimum atomic E-state index is -0.277. The molecule has 0 spiro atoms. The van der Waals surface area contributed by atoms with E-state index in [2.05, 4.69) is 5.32 Å². The highest BCUT2D eigenvalue weighted by molar-refractivity contribution is 7.12. The van der Waals surface area contributed by atoms with Crippen LogP contribution in [0.25, 0.3) is 0 Å². The molecule has 0 aliphatic carbocycles. The van der Waals surface area contributed by atoms with Gasteiger partial charge in [0.15, 0.2) is 6.61 Å². The maximum Gasteiger partial charge on any atom is 0.259 e. The number of para-hydroxylation sites is 2. The zero-order valence-electron chi connectivity index (χ0n) is 12.8. The van der Waals surface area contributed by atoms with E-state index >= 15 is 0 Å². The number of carbonyl (C=O) groups excluding carboxylic acids is 2. The number of ketones is 1. The molecule has 0 aliphatic rings. The van der Waals surface area contributed by atoms with Crippen LogP contribution in [0.4, 0.5) is 5.69 Å². The zero-order chi connectivity index (χ0) is 16.8. The van der Waals surface area contributed by atoms with Crippen LogP contribution in [0.2, 0.25) is 0 Å². The van der Waals surface area contributed by atoms with Crippen molar-refractivity contribution in [2.24, 2.45) is 0 Å². The van der Waals surface area contributed by atoms with Crippen LogP contribution in [0.15, 0.2) is 72.1 Å². The van der Waals surface area contributed by atoms with E-state index in [1.807, 2.05) is 41.8 Å². The molecule has 4 nitrogen and oxygen atoms in total. The quantitative estimate of drug-likeness (QED) is 0.684. The fraction of sp³-hybridized carbons (Fsp3) is 0.0526. The maximum atomic E-state index is 12.4. The fourth-order valence-corrected chi connectivity index (χ4v) is 2.80. The lowest BCUT2D eigenvalue weighted by atomic mass is 10.2. The molecule has 1 heterocycles. The Labute approximate surface area is 143 Å². The second-order valence-corrected chi connectivity index (χ2v) is 5.95. The van der Waals surface area contributed by atoms with Gasteiger partial charge in [-0.1, -0.05) is 36.4 Å². The lowest BCUT2D eigenvalue weighted by Gasteiger charge is -2.11. The highest BCUT2D eigenvalue weighted by Gasteiger charge is 2.14. The molecule has 0 fully saturated rings. The minimum absolute atomic E-state index is 0.101. The van der Waals surface area contributed by atoms with Crippen LogP contribution in [-0.2, 0) is 0 Å². The first kappa shape index (κ1) is 16.0. The zero-order valence-corrected chi connectivity index (χ0v) is 13.6. The Hall–Kier alpha value is -2.92. The summed E-state index contributed by atoms with van der Waals surface area (Å²) in [7, 11) is 0. The molecule has 0 unspecified atom stereocenters. The smallest absolute Gasteiger partial charge is 0.259 e. The third kappa shape index (κ3) is 3.88. The molecule has 0 saturated heterocycles. The first-order valence-electron chi connectivity index (χ1n) is 7.39. The Bertz CT molecular complexity index is 829. The number of Topliss-reactive ketones (excluding diaryl/α,β-unsaturated/α-hetero) is 1. The van der Waals surface area contributed by atoms with Gasteiger partial charge in [-0.15, -0.1) is 11.3 Å². The van der Waals surface area contributed by atoms with E-state index in [0.29, 0.717) is 21.9 Å². The average Bonchev–Trinajstić information content (AvgIpc) is 3.15. The molecule has 2 aromatic carbocycles. The Balaban J connectivity index is 1.71. The number of rotatable bonds is 6. The van der Waals surface area contributed by atoms with Gasteiger partial charge in [0.05, 0.1) is 10.4 Å². The van der Waals surface area contributed by atoms with Crippen molar-refractivity contribution in [3.05, 3.63) is 82.6 Å². The number of anilines is 1. The Morgan fingerprint density at radius 2 is 1.67 bits per heavy atom. The molecule has 0 radical (unpaired) electrons. The van der Waals surface area contributed by atoms with Gasteiger partial charge in [0, 0.05) is 5.69 Å². The van der Waals surface area contributed by atoms with Gasteiger partial charge in [-0.25, -0.2) is 0 Å². The Kier molecular flexibility index (Phi) is 5.03. The van der Waals surface area contributed by atoms with Gasteiger partial charge < -0.3 is 10.1 Å². The van der Waals surface area contributed by atoms with Crippen LogP contribution in [0, 0.1) is 0 Å². The van der Waals surface area contributed by atoms with Crippen LogP contribution in [-0.4, -0.2) is 18.3 Å². The van der Waals surface area contributed by atoms with Crippen LogP contribution in [0.3, 0.4) is 0 Å². The number of thiophene rings is 1. The molecule has 120 valence electrons. The second kappa shape index (κ2) is 7.57. The number of ether oxygens (including phenoxy) is 1. The SMILES string of the molecule is O=C(COc1ccccc1C(=O)Nc1ccccc1)c1cccs1. The summed E-state index contributed by atoms with van der Waals surface area (Å²) >= 11 is 1.37. The summed E-state index contributed by atoms with van der Waals surface area (Å²) in [6.45, 7) is -0.101. The van der Waals surface area contributed by atoms with Gasteiger partial charge in [-0.3, -0.25) is 9.59 Å². The average molecular weight is 337 g/mol. The largest absolute Gasteiger partial charge is 0.485 e. The highest BCUT2D eigenvalue weighted by atomic mass is 32.1. The number of nitrogens with one attached hydrogen (secondary N) is 1. The topological polar surface area (TPSA) is 55.4 Å². The lowest BCUT2D eigenvalue weighted by Crippen LogP contribution is -2.16. The summed E-state index contributed by atoms with van der Waals surface area (Å²) < 4.78 is 5.58. The third-order valence-corrected chi connectivity index (χ3v) is 4.23. The van der Waals surface area contributed by atoms with Gasteiger partial charge in [-0.05, 0) is 35.7 Å². The summed E-state index contributed by atoms with van der Waals surface area (Å²) in [4.78, 5) is 25.1. The second-order valence-electron chi connectivity index (χ2n) is 5.01. The Morgan fingerprint density at radius 1 is 0.917 bits per heavy atom. The van der Waals surface area contributed by atoms with Crippen molar-refractivity contribution in [3.63, 3.8) is 0 Å². The van der Waals surface area contributed by atoms with E-state index in [1.54, 1.807) is 30.3 Å². The van der Waals surface area contributed by atoms with Crippen LogP contribution < -0.4 is 10.1 Å². The predicted molar refractivity (Wildman–Crippen MR) is 95.0 cm³/mol. The van der Waals surface area contributed by atoms with E-state index in [1.165, 1.54) is 11.3 Å². The molecule has 0 aliphatic heterocycles. The monoisotopic (exact) mass is 337 g/mol. The molecule has 1 N–H and O–H groups in total. The molecule has 24 heavy (non-hydrogen) atoms. The summed E-state index contributed by atoms with van der Waals surface area (Å²) in [5.74, 6) is -0.000481.